The molecule has 1 rings (SSSR count). The molecule has 1 radical (unpaired) electrons. The van der Waals surface area contributed by atoms with Crippen LogP contribution in [-0.2, 0) is 0 Å². The molecule has 0 saturated heterocycles. The summed E-state index contributed by atoms with van der Waals surface area (Å²) in [6.07, 6.45) is -2.52. The fraction of sp³-hybridized carbons (Fsp3) is 0.250. The zero-order valence-electron chi connectivity index (χ0n) is 5.97. The van der Waals surface area contributed by atoms with Gasteiger partial charge in [0.05, 0.1) is 12.7 Å². The van der Waals surface area contributed by atoms with Gasteiger partial charge in [-0.05, 0) is 12.1 Å². The highest BCUT2D eigenvalue weighted by atomic mass is 19.3. The third-order valence-corrected chi connectivity index (χ3v) is 1.29. The first-order valence-electron chi connectivity index (χ1n) is 3.08. The largest absolute Gasteiger partial charge is 0.496 e. The van der Waals surface area contributed by atoms with Crippen molar-refractivity contribution in [3.8, 4) is 5.75 Å². The van der Waals surface area contributed by atoms with Gasteiger partial charge in [-0.25, -0.2) is 8.78 Å². The maximum absolute atomic E-state index is 12.1. The van der Waals surface area contributed by atoms with Crippen LogP contribution in [0.4, 0.5) is 8.78 Å². The number of hydrogen-bond donors (Lipinski definition) is 0. The fourth-order valence-corrected chi connectivity index (χ4v) is 0.783. The number of rotatable bonds is 2. The van der Waals surface area contributed by atoms with Gasteiger partial charge < -0.3 is 4.74 Å². The molecule has 1 aromatic carbocycles. The van der Waals surface area contributed by atoms with Crippen LogP contribution in [0.5, 0.6) is 5.75 Å². The normalized spacial score (nSPS) is 10.2. The van der Waals surface area contributed by atoms with Crippen molar-refractivity contribution in [2.75, 3.05) is 7.11 Å². The van der Waals surface area contributed by atoms with Crippen molar-refractivity contribution in [3.63, 3.8) is 0 Å². The summed E-state index contributed by atoms with van der Waals surface area (Å²) < 4.78 is 28.9. The molecule has 0 bridgehead atoms. The maximum Gasteiger partial charge on any atom is 0.268 e. The van der Waals surface area contributed by atoms with Gasteiger partial charge in [0, 0.05) is 0 Å². The van der Waals surface area contributed by atoms with E-state index in [1.807, 2.05) is 0 Å². The minimum absolute atomic E-state index is 0.183. The van der Waals surface area contributed by atoms with Crippen LogP contribution >= 0.6 is 0 Å². The van der Waals surface area contributed by atoms with Crippen LogP contribution in [0, 0.1) is 6.07 Å². The molecule has 0 atom stereocenters. The van der Waals surface area contributed by atoms with Crippen LogP contribution in [-0.4, -0.2) is 7.11 Å². The van der Waals surface area contributed by atoms with E-state index >= 15 is 0 Å². The van der Waals surface area contributed by atoms with Crippen molar-refractivity contribution in [1.29, 1.82) is 0 Å². The van der Waals surface area contributed by atoms with Gasteiger partial charge >= 0.3 is 0 Å². The summed E-state index contributed by atoms with van der Waals surface area (Å²) in [5.74, 6) is 0.183. The summed E-state index contributed by atoms with van der Waals surface area (Å²) >= 11 is 0. The van der Waals surface area contributed by atoms with Crippen molar-refractivity contribution in [1.82, 2.24) is 0 Å². The number of ether oxygens (including phenoxy) is 1. The number of methoxy groups -OCH3 is 1. The zero-order valence-corrected chi connectivity index (χ0v) is 5.97. The molecule has 0 aliphatic carbocycles. The molecule has 0 N–H and O–H groups in total. The minimum atomic E-state index is -2.52. The molecule has 11 heavy (non-hydrogen) atoms. The summed E-state index contributed by atoms with van der Waals surface area (Å²) in [7, 11) is 1.36. The molecule has 0 unspecified atom stereocenters. The Morgan fingerprint density at radius 3 is 2.73 bits per heavy atom. The van der Waals surface area contributed by atoms with Crippen molar-refractivity contribution in [2.45, 2.75) is 6.43 Å². The molecule has 0 fully saturated rings. The van der Waals surface area contributed by atoms with Crippen molar-refractivity contribution < 1.29 is 13.5 Å². The molecule has 0 amide bonds. The molecule has 0 heterocycles. The zero-order chi connectivity index (χ0) is 8.27. The van der Waals surface area contributed by atoms with Gasteiger partial charge in [-0.2, -0.15) is 0 Å². The Morgan fingerprint density at radius 1 is 1.55 bits per heavy atom. The smallest absolute Gasteiger partial charge is 0.268 e. The van der Waals surface area contributed by atoms with Gasteiger partial charge in [-0.1, -0.05) is 12.1 Å². The highest BCUT2D eigenvalue weighted by molar-refractivity contribution is 5.32. The Morgan fingerprint density at radius 2 is 2.27 bits per heavy atom. The molecule has 0 aliphatic rings. The van der Waals surface area contributed by atoms with E-state index in [-0.39, 0.29) is 11.3 Å². The summed E-state index contributed by atoms with van der Waals surface area (Å²) in [6, 6.07) is 6.93. The first-order chi connectivity index (χ1) is 5.25. The lowest BCUT2D eigenvalue weighted by atomic mass is 10.2. The van der Waals surface area contributed by atoms with Gasteiger partial charge in [-0.15, -0.1) is 0 Å². The Kier molecular flexibility index (Phi) is 2.41. The molecule has 3 heteroatoms. The van der Waals surface area contributed by atoms with Crippen LogP contribution < -0.4 is 4.74 Å². The maximum atomic E-state index is 12.1. The summed E-state index contributed by atoms with van der Waals surface area (Å²) in [6.45, 7) is 0. The molecule has 0 aliphatic heterocycles. The van der Waals surface area contributed by atoms with Gasteiger partial charge in [-0.3, -0.25) is 0 Å². The molecule has 0 spiro atoms. The highest BCUT2D eigenvalue weighted by Crippen LogP contribution is 2.27. The lowest BCUT2D eigenvalue weighted by Crippen LogP contribution is -1.91. The highest BCUT2D eigenvalue weighted by Gasteiger charge is 2.11. The summed E-state index contributed by atoms with van der Waals surface area (Å²) in [5, 5.41) is 0. The minimum Gasteiger partial charge on any atom is -0.496 e. The van der Waals surface area contributed by atoms with Crippen LogP contribution in [0.2, 0.25) is 0 Å². The molecule has 0 aromatic heterocycles. The molecular weight excluding hydrogens is 150 g/mol. The quantitative estimate of drug-likeness (QED) is 0.640. The SMILES string of the molecule is COc1ccc[c]c1C(F)F. The molecular formula is C8H7F2O. The fourth-order valence-electron chi connectivity index (χ4n) is 0.783. The van der Waals surface area contributed by atoms with Gasteiger partial charge in [0.15, 0.2) is 0 Å². The van der Waals surface area contributed by atoms with E-state index in [1.54, 1.807) is 6.07 Å². The van der Waals surface area contributed by atoms with Crippen LogP contribution in [0.3, 0.4) is 0 Å². The van der Waals surface area contributed by atoms with Crippen molar-refractivity contribution in [3.05, 3.63) is 29.8 Å². The van der Waals surface area contributed by atoms with Gasteiger partial charge in [0.25, 0.3) is 6.43 Å². The number of halogens is 2. The van der Waals surface area contributed by atoms with E-state index in [0.717, 1.165) is 0 Å². The Labute approximate surface area is 63.6 Å². The van der Waals surface area contributed by atoms with E-state index in [9.17, 15) is 8.78 Å². The Balaban J connectivity index is 3.02. The van der Waals surface area contributed by atoms with E-state index in [1.165, 1.54) is 19.2 Å². The summed E-state index contributed by atoms with van der Waals surface area (Å²) in [5.41, 5.74) is -0.185. The molecule has 0 saturated carbocycles. The second-order valence-electron chi connectivity index (χ2n) is 1.95. The van der Waals surface area contributed by atoms with Crippen molar-refractivity contribution >= 4 is 0 Å². The second-order valence-corrected chi connectivity index (χ2v) is 1.95. The van der Waals surface area contributed by atoms with Crippen LogP contribution in [0.1, 0.15) is 12.0 Å². The average Bonchev–Trinajstić information content (AvgIpc) is 2.04. The number of hydrogen-bond acceptors (Lipinski definition) is 1. The van der Waals surface area contributed by atoms with E-state index < -0.39 is 6.43 Å². The Bertz CT molecular complexity index is 235. The van der Waals surface area contributed by atoms with Crippen LogP contribution in [0.15, 0.2) is 18.2 Å². The predicted molar refractivity (Wildman–Crippen MR) is 36.8 cm³/mol. The first kappa shape index (κ1) is 7.98. The standard InChI is InChI=1S/C8H7F2O/c1-11-7-5-3-2-4-6(7)8(9)10/h2-3,5,8H,1H3. The van der Waals surface area contributed by atoms with E-state index in [4.69, 9.17) is 4.74 Å². The molecule has 1 nitrogen and oxygen atoms in total. The predicted octanol–water partition coefficient (Wildman–Crippen LogP) is 2.43. The summed E-state index contributed by atoms with van der Waals surface area (Å²) in [4.78, 5) is 0. The van der Waals surface area contributed by atoms with E-state index in [2.05, 4.69) is 6.07 Å². The number of alkyl halides is 2. The van der Waals surface area contributed by atoms with Gasteiger partial charge in [0.1, 0.15) is 5.75 Å². The monoisotopic (exact) mass is 157 g/mol. The Hall–Kier alpha value is -1.12. The average molecular weight is 157 g/mol. The van der Waals surface area contributed by atoms with Crippen LogP contribution in [0.25, 0.3) is 0 Å². The molecule has 59 valence electrons. The third-order valence-electron chi connectivity index (χ3n) is 1.29. The topological polar surface area (TPSA) is 9.23 Å². The third kappa shape index (κ3) is 1.67. The lowest BCUT2D eigenvalue weighted by molar-refractivity contribution is 0.147. The first-order valence-corrected chi connectivity index (χ1v) is 3.08. The van der Waals surface area contributed by atoms with Crippen molar-refractivity contribution in [2.24, 2.45) is 0 Å². The van der Waals surface area contributed by atoms with E-state index in [0.29, 0.717) is 0 Å². The molecule has 1 aromatic rings. The lowest BCUT2D eigenvalue weighted by Gasteiger charge is -2.04. The second kappa shape index (κ2) is 3.32. The number of benzene rings is 1. The van der Waals surface area contributed by atoms with Gasteiger partial charge in [0.2, 0.25) is 0 Å².